The van der Waals surface area contributed by atoms with E-state index in [0.29, 0.717) is 11.0 Å². The number of nitriles is 1. The Morgan fingerprint density at radius 3 is 2.61 bits per heavy atom. The first-order valence-corrected chi connectivity index (χ1v) is 9.96. The third-order valence-corrected chi connectivity index (χ3v) is 4.96. The molecule has 0 aliphatic rings. The van der Waals surface area contributed by atoms with E-state index in [9.17, 15) is 23.2 Å². The molecule has 0 aliphatic carbocycles. The van der Waals surface area contributed by atoms with Crippen molar-refractivity contribution in [2.45, 2.75) is 6.18 Å². The van der Waals surface area contributed by atoms with Crippen molar-refractivity contribution in [3.63, 3.8) is 0 Å². The lowest BCUT2D eigenvalue weighted by molar-refractivity contribution is -0.139. The first kappa shape index (κ1) is 24.0. The van der Waals surface area contributed by atoms with E-state index < -0.39 is 11.7 Å². The van der Waals surface area contributed by atoms with Crippen molar-refractivity contribution in [1.82, 2.24) is 24.3 Å². The molecule has 0 saturated heterocycles. The minimum absolute atomic E-state index is 0.0300. The number of fused-ring (bicyclic) bond motifs is 1. The first-order chi connectivity index (χ1) is 15.5. The molecular weight excluding hydrogens is 437 g/mol. The molecule has 174 valence electrons. The number of rotatable bonds is 7. The van der Waals surface area contributed by atoms with Crippen LogP contribution < -0.4 is 4.74 Å². The number of halogens is 3. The summed E-state index contributed by atoms with van der Waals surface area (Å²) in [6.07, 6.45) is -3.16. The first-order valence-electron chi connectivity index (χ1n) is 9.96. The van der Waals surface area contributed by atoms with Crippen LogP contribution in [0.2, 0.25) is 0 Å². The smallest absolute Gasteiger partial charge is 0.419 e. The molecule has 3 rings (SSSR count). The van der Waals surface area contributed by atoms with Crippen LogP contribution in [0.5, 0.6) is 5.75 Å². The van der Waals surface area contributed by atoms with Crippen LogP contribution in [-0.2, 0) is 18.0 Å². The van der Waals surface area contributed by atoms with E-state index in [1.54, 1.807) is 43.7 Å². The van der Waals surface area contributed by atoms with E-state index in [4.69, 9.17) is 4.74 Å². The lowest BCUT2D eigenvalue weighted by Crippen LogP contribution is -2.37. The average Bonchev–Trinajstić information content (AvgIpc) is 3.12. The number of pyridine rings is 1. The summed E-state index contributed by atoms with van der Waals surface area (Å²) in [6.45, 7) is 0.226. The molecule has 0 radical (unpaired) electrons. The second kappa shape index (κ2) is 9.46. The van der Waals surface area contributed by atoms with Gasteiger partial charge in [-0.25, -0.2) is 9.97 Å². The Hall–Kier alpha value is -3.65. The number of amides is 1. The van der Waals surface area contributed by atoms with Gasteiger partial charge in [0.25, 0.3) is 0 Å². The summed E-state index contributed by atoms with van der Waals surface area (Å²) in [6, 6.07) is 7.15. The zero-order valence-electron chi connectivity index (χ0n) is 18.6. The largest absolute Gasteiger partial charge is 0.491 e. The summed E-state index contributed by atoms with van der Waals surface area (Å²) < 4.78 is 48.4. The second-order valence-electron chi connectivity index (χ2n) is 7.80. The van der Waals surface area contributed by atoms with Crippen molar-refractivity contribution in [1.29, 1.82) is 5.26 Å². The average molecular weight is 460 g/mol. The zero-order chi connectivity index (χ0) is 24.3. The van der Waals surface area contributed by atoms with Gasteiger partial charge in [0.2, 0.25) is 5.91 Å². The molecular formula is C22H23F3N6O2. The van der Waals surface area contributed by atoms with Gasteiger partial charge in [0, 0.05) is 19.7 Å². The topological polar surface area (TPSA) is 87.3 Å². The zero-order valence-corrected chi connectivity index (χ0v) is 18.6. The van der Waals surface area contributed by atoms with Crippen molar-refractivity contribution in [3.8, 4) is 23.1 Å². The Labute approximate surface area is 188 Å². The molecule has 0 aliphatic heterocycles. The summed E-state index contributed by atoms with van der Waals surface area (Å²) in [5.41, 5.74) is 0.430. The molecule has 0 saturated carbocycles. The summed E-state index contributed by atoms with van der Waals surface area (Å²) >= 11 is 0. The number of hydrogen-bond acceptors (Lipinski definition) is 6. The van der Waals surface area contributed by atoms with Crippen molar-refractivity contribution < 1.29 is 22.7 Å². The lowest BCUT2D eigenvalue weighted by atomic mass is 10.1. The number of aryl methyl sites for hydroxylation is 1. The molecule has 2 heterocycles. The fraction of sp³-hybridized carbons (Fsp3) is 0.364. The van der Waals surface area contributed by atoms with Crippen LogP contribution in [0.1, 0.15) is 11.3 Å². The number of aromatic nitrogens is 3. The van der Waals surface area contributed by atoms with Gasteiger partial charge in [-0.05, 0) is 38.4 Å². The monoisotopic (exact) mass is 460 g/mol. The molecule has 3 aromatic rings. The molecule has 2 aromatic heterocycles. The summed E-state index contributed by atoms with van der Waals surface area (Å²) in [5, 5.41) is 9.38. The highest BCUT2D eigenvalue weighted by Gasteiger charge is 2.35. The van der Waals surface area contributed by atoms with Crippen molar-refractivity contribution in [3.05, 3.63) is 41.9 Å². The predicted octanol–water partition coefficient (Wildman–Crippen LogP) is 2.92. The van der Waals surface area contributed by atoms with Gasteiger partial charge in [-0.15, -0.1) is 0 Å². The minimum Gasteiger partial charge on any atom is -0.491 e. The molecule has 1 aromatic carbocycles. The SMILES string of the molecule is CN(C)CC(=O)N(C)CCOc1ccc(-c2cc3c(ncn3C)c(C#N)n2)cc1C(F)(F)F. The highest BCUT2D eigenvalue weighted by atomic mass is 19.4. The summed E-state index contributed by atoms with van der Waals surface area (Å²) in [7, 11) is 6.79. The van der Waals surface area contributed by atoms with E-state index in [2.05, 4.69) is 9.97 Å². The third-order valence-electron chi connectivity index (χ3n) is 4.96. The molecule has 33 heavy (non-hydrogen) atoms. The number of alkyl halides is 3. The number of likely N-dealkylation sites (N-methyl/N-ethyl adjacent to an activating group) is 2. The van der Waals surface area contributed by atoms with Crippen molar-refractivity contribution >= 4 is 16.9 Å². The van der Waals surface area contributed by atoms with Crippen LogP contribution in [-0.4, -0.2) is 71.1 Å². The van der Waals surface area contributed by atoms with E-state index in [1.165, 1.54) is 23.4 Å². The Kier molecular flexibility index (Phi) is 6.88. The van der Waals surface area contributed by atoms with Gasteiger partial charge >= 0.3 is 6.18 Å². The number of carbonyl (C=O) groups excluding carboxylic acids is 1. The van der Waals surface area contributed by atoms with Crippen LogP contribution in [0.3, 0.4) is 0 Å². The standard InChI is InChI=1S/C22H23F3N6O2/c1-29(2)12-20(32)30(3)7-8-33-19-6-5-14(9-15(19)22(23,24)25)16-10-18-21(17(11-26)28-16)27-13-31(18)4/h5-6,9-10,13H,7-8,12H2,1-4H3. The molecule has 0 spiro atoms. The Balaban J connectivity index is 1.88. The minimum atomic E-state index is -4.67. The van der Waals surface area contributed by atoms with Crippen LogP contribution >= 0.6 is 0 Å². The molecule has 0 N–H and O–H groups in total. The maximum Gasteiger partial charge on any atom is 0.419 e. The Morgan fingerprint density at radius 2 is 1.97 bits per heavy atom. The van der Waals surface area contributed by atoms with Crippen LogP contribution in [0.15, 0.2) is 30.6 Å². The summed E-state index contributed by atoms with van der Waals surface area (Å²) in [5.74, 6) is -0.512. The van der Waals surface area contributed by atoms with Gasteiger partial charge in [-0.2, -0.15) is 18.4 Å². The third kappa shape index (κ3) is 5.40. The highest BCUT2D eigenvalue weighted by molar-refractivity contribution is 5.84. The van der Waals surface area contributed by atoms with Gasteiger partial charge in [0.15, 0.2) is 5.69 Å². The van der Waals surface area contributed by atoms with Gasteiger partial charge < -0.3 is 19.1 Å². The number of ether oxygens (including phenoxy) is 1. The lowest BCUT2D eigenvalue weighted by Gasteiger charge is -2.21. The van der Waals surface area contributed by atoms with Gasteiger partial charge in [-0.1, -0.05) is 0 Å². The van der Waals surface area contributed by atoms with E-state index >= 15 is 0 Å². The summed E-state index contributed by atoms with van der Waals surface area (Å²) in [4.78, 5) is 23.4. The van der Waals surface area contributed by atoms with E-state index in [-0.39, 0.29) is 48.3 Å². The molecule has 0 bridgehead atoms. The highest BCUT2D eigenvalue weighted by Crippen LogP contribution is 2.39. The number of carbonyl (C=O) groups is 1. The van der Waals surface area contributed by atoms with Gasteiger partial charge in [0.1, 0.15) is 23.9 Å². The molecule has 0 fully saturated rings. The van der Waals surface area contributed by atoms with Crippen LogP contribution in [0, 0.1) is 11.3 Å². The number of benzene rings is 1. The van der Waals surface area contributed by atoms with Crippen molar-refractivity contribution in [2.75, 3.05) is 40.8 Å². The molecule has 1 amide bonds. The molecule has 11 heteroatoms. The quantitative estimate of drug-likeness (QED) is 0.539. The second-order valence-corrected chi connectivity index (χ2v) is 7.80. The predicted molar refractivity (Wildman–Crippen MR) is 115 cm³/mol. The Morgan fingerprint density at radius 1 is 1.24 bits per heavy atom. The molecule has 0 unspecified atom stereocenters. The molecule has 8 nitrogen and oxygen atoms in total. The number of imidazole rings is 1. The Bertz CT molecular complexity index is 1210. The van der Waals surface area contributed by atoms with E-state index in [1.807, 2.05) is 6.07 Å². The fourth-order valence-electron chi connectivity index (χ4n) is 3.20. The maximum absolute atomic E-state index is 13.8. The maximum atomic E-state index is 13.8. The van der Waals surface area contributed by atoms with Crippen LogP contribution in [0.25, 0.3) is 22.3 Å². The van der Waals surface area contributed by atoms with Gasteiger partial charge in [0.05, 0.1) is 36.2 Å². The van der Waals surface area contributed by atoms with Gasteiger partial charge in [-0.3, -0.25) is 4.79 Å². The van der Waals surface area contributed by atoms with Crippen molar-refractivity contribution in [2.24, 2.45) is 7.05 Å². The number of hydrogen-bond donors (Lipinski definition) is 0. The van der Waals surface area contributed by atoms with E-state index in [0.717, 1.165) is 6.07 Å². The number of nitrogens with zero attached hydrogens (tertiary/aromatic N) is 6. The van der Waals surface area contributed by atoms with Crippen LogP contribution in [0.4, 0.5) is 13.2 Å². The normalized spacial score (nSPS) is 11.6. The fourth-order valence-corrected chi connectivity index (χ4v) is 3.20. The molecule has 0 atom stereocenters.